The van der Waals surface area contributed by atoms with Crippen molar-refractivity contribution in [1.29, 1.82) is 5.26 Å². The first-order chi connectivity index (χ1) is 16.9. The Morgan fingerprint density at radius 3 is 2.69 bits per heavy atom. The summed E-state index contributed by atoms with van der Waals surface area (Å²) in [6, 6.07) is 12.7. The van der Waals surface area contributed by atoms with E-state index >= 15 is 0 Å². The number of carbonyl (C=O) groups excluding carboxylic acids is 3. The van der Waals surface area contributed by atoms with Crippen molar-refractivity contribution in [1.82, 2.24) is 4.90 Å². The van der Waals surface area contributed by atoms with Gasteiger partial charge in [0, 0.05) is 18.4 Å². The van der Waals surface area contributed by atoms with Gasteiger partial charge in [0.25, 0.3) is 5.91 Å². The molecule has 2 aromatic rings. The van der Waals surface area contributed by atoms with E-state index in [9.17, 15) is 14.4 Å². The molecule has 10 heteroatoms. The van der Waals surface area contributed by atoms with Gasteiger partial charge in [0.2, 0.25) is 0 Å². The second-order valence-corrected chi connectivity index (χ2v) is 8.43. The third-order valence-electron chi connectivity index (χ3n) is 6.14. The Hall–Kier alpha value is -4.10. The van der Waals surface area contributed by atoms with Crippen LogP contribution in [-0.4, -0.2) is 61.8 Å². The van der Waals surface area contributed by atoms with Gasteiger partial charge in [-0.3, -0.25) is 9.59 Å². The Morgan fingerprint density at radius 1 is 1.17 bits per heavy atom. The minimum atomic E-state index is -0.509. The number of hydrogen-bond acceptors (Lipinski definition) is 7. The molecule has 0 saturated carbocycles. The fraction of sp³-hybridized carbons (Fsp3) is 0.360. The summed E-state index contributed by atoms with van der Waals surface area (Å²) in [5.74, 6) is -0.209. The second kappa shape index (κ2) is 10.4. The number of nitriles is 1. The molecule has 10 nitrogen and oxygen atoms in total. The molecule has 3 atom stereocenters. The summed E-state index contributed by atoms with van der Waals surface area (Å²) < 4.78 is 16.7. The van der Waals surface area contributed by atoms with Crippen molar-refractivity contribution in [2.75, 3.05) is 31.4 Å². The average Bonchev–Trinajstić information content (AvgIpc) is 2.86. The largest absolute Gasteiger partial charge is 0.490 e. The van der Waals surface area contributed by atoms with Gasteiger partial charge < -0.3 is 29.7 Å². The SMILES string of the molecule is COC(=O)C[C@H]1CC[C@@H]2[C@H](COc3ccc(NC(=O)Nc4cccc(C#N)c4)cc3C(=O)N2C)O1. The van der Waals surface area contributed by atoms with Crippen molar-refractivity contribution in [2.45, 2.75) is 37.5 Å². The maximum absolute atomic E-state index is 13.3. The van der Waals surface area contributed by atoms with Crippen LogP contribution in [0.2, 0.25) is 0 Å². The van der Waals surface area contributed by atoms with E-state index in [0.717, 1.165) is 0 Å². The highest BCUT2D eigenvalue weighted by Gasteiger charge is 2.39. The number of nitrogens with zero attached hydrogens (tertiary/aromatic N) is 2. The Bertz CT molecular complexity index is 1180. The third-order valence-corrected chi connectivity index (χ3v) is 6.14. The van der Waals surface area contributed by atoms with Gasteiger partial charge in [-0.2, -0.15) is 5.26 Å². The molecule has 2 aromatic carbocycles. The van der Waals surface area contributed by atoms with Crippen LogP contribution in [0.3, 0.4) is 0 Å². The normalized spacial score (nSPS) is 21.2. The number of hydrogen-bond donors (Lipinski definition) is 2. The molecule has 1 fully saturated rings. The zero-order valence-electron chi connectivity index (χ0n) is 19.4. The number of benzene rings is 2. The lowest BCUT2D eigenvalue weighted by Crippen LogP contribution is -2.53. The Kier molecular flexibility index (Phi) is 7.17. The first-order valence-corrected chi connectivity index (χ1v) is 11.2. The van der Waals surface area contributed by atoms with Crippen LogP contribution >= 0.6 is 0 Å². The average molecular weight is 479 g/mol. The molecule has 0 aromatic heterocycles. The summed E-state index contributed by atoms with van der Waals surface area (Å²) in [5.41, 5.74) is 1.64. The maximum atomic E-state index is 13.3. The molecule has 1 saturated heterocycles. The number of fused-ring (bicyclic) bond motifs is 2. The van der Waals surface area contributed by atoms with Gasteiger partial charge in [0.05, 0.1) is 42.9 Å². The van der Waals surface area contributed by atoms with Crippen LogP contribution in [0.15, 0.2) is 42.5 Å². The number of ether oxygens (including phenoxy) is 3. The monoisotopic (exact) mass is 478 g/mol. The number of likely N-dealkylation sites (N-methyl/N-ethyl adjacent to an activating group) is 1. The number of methoxy groups -OCH3 is 1. The summed E-state index contributed by atoms with van der Waals surface area (Å²) in [7, 11) is 3.06. The van der Waals surface area contributed by atoms with Crippen LogP contribution in [0, 0.1) is 11.3 Å². The predicted molar refractivity (Wildman–Crippen MR) is 126 cm³/mol. The number of nitrogens with one attached hydrogen (secondary N) is 2. The van der Waals surface area contributed by atoms with Gasteiger partial charge in [-0.15, -0.1) is 0 Å². The van der Waals surface area contributed by atoms with E-state index in [-0.39, 0.29) is 43.2 Å². The number of rotatable bonds is 4. The van der Waals surface area contributed by atoms with Crippen molar-refractivity contribution in [3.05, 3.63) is 53.6 Å². The van der Waals surface area contributed by atoms with Crippen LogP contribution in [0.1, 0.15) is 35.2 Å². The molecule has 2 heterocycles. The van der Waals surface area contributed by atoms with Crippen LogP contribution in [0.25, 0.3) is 0 Å². The topological polar surface area (TPSA) is 130 Å². The van der Waals surface area contributed by atoms with Gasteiger partial charge in [0.15, 0.2) is 0 Å². The van der Waals surface area contributed by atoms with E-state index in [1.807, 2.05) is 6.07 Å². The zero-order valence-corrected chi connectivity index (χ0v) is 19.4. The predicted octanol–water partition coefficient (Wildman–Crippen LogP) is 3.15. The highest BCUT2D eigenvalue weighted by Crippen LogP contribution is 2.32. The minimum absolute atomic E-state index is 0.159. The van der Waals surface area contributed by atoms with Crippen LogP contribution in [-0.2, 0) is 14.3 Å². The summed E-state index contributed by atoms with van der Waals surface area (Å²) in [6.07, 6.45) is 0.776. The third kappa shape index (κ3) is 5.53. The summed E-state index contributed by atoms with van der Waals surface area (Å²) in [6.45, 7) is 0.218. The minimum Gasteiger partial charge on any atom is -0.490 e. The molecule has 3 amide bonds. The first-order valence-electron chi connectivity index (χ1n) is 11.2. The lowest BCUT2D eigenvalue weighted by atomic mass is 9.94. The van der Waals surface area contributed by atoms with E-state index in [0.29, 0.717) is 41.1 Å². The molecule has 2 aliphatic heterocycles. The van der Waals surface area contributed by atoms with Gasteiger partial charge >= 0.3 is 12.0 Å². The van der Waals surface area contributed by atoms with Gasteiger partial charge in [-0.05, 0) is 49.2 Å². The Labute approximate surface area is 202 Å². The number of anilines is 2. The standard InChI is InChI=1S/C25H26N4O6/c1-29-20-8-7-18(12-23(30)33-2)35-22(20)14-34-21-9-6-17(11-19(21)24(29)31)28-25(32)27-16-5-3-4-15(10-16)13-26/h3-6,9-11,18,20,22H,7-8,12,14H2,1-2H3,(H2,27,28,32)/t18-,20-,22+/m1/s1. The molecule has 0 aliphatic carbocycles. The molecule has 182 valence electrons. The number of amides is 3. The van der Waals surface area contributed by atoms with E-state index in [4.69, 9.17) is 19.5 Å². The summed E-state index contributed by atoms with van der Waals surface area (Å²) >= 11 is 0. The zero-order chi connectivity index (χ0) is 24.9. The van der Waals surface area contributed by atoms with Crippen LogP contribution in [0.4, 0.5) is 16.2 Å². The fourth-order valence-corrected chi connectivity index (χ4v) is 4.33. The summed E-state index contributed by atoms with van der Waals surface area (Å²) in [5, 5.41) is 14.4. The van der Waals surface area contributed by atoms with Gasteiger partial charge in [-0.1, -0.05) is 6.07 Å². The van der Waals surface area contributed by atoms with Crippen molar-refractivity contribution in [3.8, 4) is 11.8 Å². The number of urea groups is 1. The second-order valence-electron chi connectivity index (χ2n) is 8.43. The molecule has 0 radical (unpaired) electrons. The molecular weight excluding hydrogens is 452 g/mol. The highest BCUT2D eigenvalue weighted by atomic mass is 16.5. The molecule has 35 heavy (non-hydrogen) atoms. The maximum Gasteiger partial charge on any atom is 0.323 e. The number of carbonyl (C=O) groups is 3. The van der Waals surface area contributed by atoms with Gasteiger partial charge in [0.1, 0.15) is 18.5 Å². The highest BCUT2D eigenvalue weighted by molar-refractivity contribution is 6.02. The van der Waals surface area contributed by atoms with E-state index in [1.165, 1.54) is 7.11 Å². The smallest absolute Gasteiger partial charge is 0.323 e. The van der Waals surface area contributed by atoms with Crippen molar-refractivity contribution < 1.29 is 28.6 Å². The molecule has 2 aliphatic rings. The molecule has 2 N–H and O–H groups in total. The fourth-order valence-electron chi connectivity index (χ4n) is 4.33. The van der Waals surface area contributed by atoms with Crippen molar-refractivity contribution in [3.63, 3.8) is 0 Å². The van der Waals surface area contributed by atoms with E-state index in [2.05, 4.69) is 10.6 Å². The molecule has 0 unspecified atom stereocenters. The van der Waals surface area contributed by atoms with Crippen molar-refractivity contribution >= 4 is 29.3 Å². The van der Waals surface area contributed by atoms with Crippen LogP contribution < -0.4 is 15.4 Å². The van der Waals surface area contributed by atoms with E-state index < -0.39 is 6.03 Å². The lowest BCUT2D eigenvalue weighted by molar-refractivity contribution is -0.151. The first kappa shape index (κ1) is 24.0. The van der Waals surface area contributed by atoms with Gasteiger partial charge in [-0.25, -0.2) is 4.79 Å². The molecule has 0 spiro atoms. The van der Waals surface area contributed by atoms with E-state index in [1.54, 1.807) is 54.4 Å². The van der Waals surface area contributed by atoms with Crippen molar-refractivity contribution in [2.24, 2.45) is 0 Å². The summed E-state index contributed by atoms with van der Waals surface area (Å²) in [4.78, 5) is 39.0. The quantitative estimate of drug-likeness (QED) is 0.646. The van der Waals surface area contributed by atoms with Crippen LogP contribution in [0.5, 0.6) is 5.75 Å². The lowest BCUT2D eigenvalue weighted by Gasteiger charge is -2.42. The molecule has 4 rings (SSSR count). The Balaban J connectivity index is 1.47. The molecule has 0 bridgehead atoms. The number of esters is 1. The Morgan fingerprint density at radius 2 is 1.94 bits per heavy atom. The molecular formula is C25H26N4O6.